The van der Waals surface area contributed by atoms with Gasteiger partial charge >= 0.3 is 18.2 Å². The lowest BCUT2D eigenvalue weighted by atomic mass is 10.1. The molecule has 9 nitrogen and oxygen atoms in total. The van der Waals surface area contributed by atoms with Crippen LogP contribution in [0, 0.1) is 0 Å². The third kappa shape index (κ3) is 8.30. The van der Waals surface area contributed by atoms with Crippen molar-refractivity contribution in [2.75, 3.05) is 31.5 Å². The number of hydrogen-bond donors (Lipinski definition) is 3. The predicted molar refractivity (Wildman–Crippen MR) is 142 cm³/mol. The average molecular weight is 579 g/mol. The number of halogens is 3. The number of thioether (sulfide) groups is 1. The molecule has 0 bridgehead atoms. The Kier molecular flexibility index (Phi) is 10.3. The van der Waals surface area contributed by atoms with Gasteiger partial charge in [0.1, 0.15) is 22.3 Å². The normalized spacial score (nSPS) is 11.7. The summed E-state index contributed by atoms with van der Waals surface area (Å²) < 4.78 is 53.4. The number of ether oxygens (including phenoxy) is 3. The summed E-state index contributed by atoms with van der Waals surface area (Å²) in [5, 5.41) is 13.6. The molecule has 0 saturated carbocycles. The highest BCUT2D eigenvalue weighted by Gasteiger charge is 2.30. The number of carbonyl (C=O) groups excluding carboxylic acids is 2. The number of nitrogens with one attached hydrogen (secondary N) is 2. The highest BCUT2D eigenvalue weighted by molar-refractivity contribution is 8.00. The van der Waals surface area contributed by atoms with Gasteiger partial charge < -0.3 is 24.6 Å². The van der Waals surface area contributed by atoms with Crippen LogP contribution in [0.2, 0.25) is 0 Å². The molecule has 0 fully saturated rings. The first-order valence-corrected chi connectivity index (χ1v) is 12.5. The van der Waals surface area contributed by atoms with Gasteiger partial charge in [0.15, 0.2) is 0 Å². The van der Waals surface area contributed by atoms with Crippen molar-refractivity contribution in [1.82, 2.24) is 0 Å². The smallest absolute Gasteiger partial charge is 0.416 e. The number of aliphatic carboxylic acids is 1. The molecule has 0 aromatic heterocycles. The number of methoxy groups -OCH3 is 2. The van der Waals surface area contributed by atoms with Crippen molar-refractivity contribution in [3.05, 3.63) is 77.9 Å². The molecule has 1 atom stereocenters. The number of anilines is 2. The molecule has 13 heteroatoms. The summed E-state index contributed by atoms with van der Waals surface area (Å²) in [6, 6.07) is 15.2. The average Bonchev–Trinajstić information content (AvgIpc) is 2.92. The maximum atomic E-state index is 12.8. The molecule has 0 aliphatic rings. The lowest BCUT2D eigenvalue weighted by molar-refractivity contribution is -0.138. The van der Waals surface area contributed by atoms with Crippen LogP contribution >= 0.6 is 11.8 Å². The van der Waals surface area contributed by atoms with Gasteiger partial charge in [0.25, 0.3) is 5.91 Å². The van der Waals surface area contributed by atoms with Crippen molar-refractivity contribution in [3.63, 3.8) is 0 Å². The molecule has 0 heterocycles. The number of carbonyl (C=O) groups is 3. The van der Waals surface area contributed by atoms with E-state index in [1.165, 1.54) is 14.2 Å². The van der Waals surface area contributed by atoms with Gasteiger partial charge in [-0.25, -0.2) is 4.79 Å². The van der Waals surface area contributed by atoms with Gasteiger partial charge in [0, 0.05) is 22.7 Å². The molecule has 3 rings (SSSR count). The zero-order chi connectivity index (χ0) is 29.3. The molecule has 212 valence electrons. The standard InChI is InChI=1S/C27H25F3N2O7S/c1-37-20-4-3-5-21(38-2)23(20)24(33)31-17-10-12-19(13-11-17)40-22(25(34)35)14-15-39-26(36)32-18-8-6-16(7-9-18)27(28,29)30/h3-13,22H,14-15H2,1-2H3,(H,31,33)(H,32,36)(H,34,35). The lowest BCUT2D eigenvalue weighted by Crippen LogP contribution is -2.21. The van der Waals surface area contributed by atoms with E-state index in [-0.39, 0.29) is 24.3 Å². The second kappa shape index (κ2) is 13.6. The van der Waals surface area contributed by atoms with Crippen molar-refractivity contribution in [1.29, 1.82) is 0 Å². The van der Waals surface area contributed by atoms with E-state index in [2.05, 4.69) is 10.6 Å². The quantitative estimate of drug-likeness (QED) is 0.231. The summed E-state index contributed by atoms with van der Waals surface area (Å²) in [6.07, 6.45) is -5.46. The summed E-state index contributed by atoms with van der Waals surface area (Å²) >= 11 is 1.02. The largest absolute Gasteiger partial charge is 0.496 e. The van der Waals surface area contributed by atoms with Crippen LogP contribution < -0.4 is 20.1 Å². The van der Waals surface area contributed by atoms with Crippen molar-refractivity contribution in [2.24, 2.45) is 0 Å². The second-order valence-electron chi connectivity index (χ2n) is 8.09. The van der Waals surface area contributed by atoms with Gasteiger partial charge in [0.05, 0.1) is 26.4 Å². The molecule has 0 spiro atoms. The molecular formula is C27H25F3N2O7S. The van der Waals surface area contributed by atoms with Crippen molar-refractivity contribution in [2.45, 2.75) is 22.7 Å². The van der Waals surface area contributed by atoms with Gasteiger partial charge in [-0.3, -0.25) is 14.9 Å². The van der Waals surface area contributed by atoms with Gasteiger partial charge in [-0.05, 0) is 60.7 Å². The highest BCUT2D eigenvalue weighted by atomic mass is 32.2. The summed E-state index contributed by atoms with van der Waals surface area (Å²) in [7, 11) is 2.88. The Bertz CT molecular complexity index is 1310. The maximum Gasteiger partial charge on any atom is 0.416 e. The minimum atomic E-state index is -4.50. The minimum absolute atomic E-state index is 0.0352. The van der Waals surface area contributed by atoms with E-state index in [1.54, 1.807) is 42.5 Å². The second-order valence-corrected chi connectivity index (χ2v) is 9.36. The number of alkyl halides is 3. The van der Waals surface area contributed by atoms with E-state index in [1.807, 2.05) is 0 Å². The van der Waals surface area contributed by atoms with E-state index < -0.39 is 35.0 Å². The molecule has 0 saturated heterocycles. The summed E-state index contributed by atoms with van der Waals surface area (Å²) in [6.45, 7) is -0.245. The molecule has 0 radical (unpaired) electrons. The van der Waals surface area contributed by atoms with Crippen LogP contribution in [0.15, 0.2) is 71.6 Å². The molecule has 40 heavy (non-hydrogen) atoms. The monoisotopic (exact) mass is 578 g/mol. The first-order valence-electron chi connectivity index (χ1n) is 11.6. The Morgan fingerprint density at radius 3 is 1.95 bits per heavy atom. The van der Waals surface area contributed by atoms with Crippen LogP contribution in [0.1, 0.15) is 22.3 Å². The number of rotatable bonds is 11. The molecule has 1 unspecified atom stereocenters. The Balaban J connectivity index is 1.52. The zero-order valence-corrected chi connectivity index (χ0v) is 22.1. The van der Waals surface area contributed by atoms with Gasteiger partial charge in [-0.1, -0.05) is 6.07 Å². The van der Waals surface area contributed by atoms with E-state index in [4.69, 9.17) is 14.2 Å². The van der Waals surface area contributed by atoms with Crippen molar-refractivity contribution < 1.29 is 46.9 Å². The molecule has 3 aromatic carbocycles. The van der Waals surface area contributed by atoms with Crippen molar-refractivity contribution >= 4 is 41.1 Å². The lowest BCUT2D eigenvalue weighted by Gasteiger charge is -2.14. The van der Waals surface area contributed by atoms with Gasteiger partial charge in [0.2, 0.25) is 0 Å². The molecular weight excluding hydrogens is 553 g/mol. The van der Waals surface area contributed by atoms with Crippen LogP contribution in [0.5, 0.6) is 11.5 Å². The number of carboxylic acids is 1. The van der Waals surface area contributed by atoms with E-state index in [9.17, 15) is 32.7 Å². The van der Waals surface area contributed by atoms with Gasteiger partial charge in [-0.15, -0.1) is 11.8 Å². The fraction of sp³-hybridized carbons (Fsp3) is 0.222. The Morgan fingerprint density at radius 1 is 0.875 bits per heavy atom. The number of amides is 2. The Morgan fingerprint density at radius 2 is 1.43 bits per heavy atom. The Labute approximate surface area is 231 Å². The Hall–Kier alpha value is -4.39. The summed E-state index contributed by atoms with van der Waals surface area (Å²) in [5.74, 6) is -0.908. The van der Waals surface area contributed by atoms with E-state index >= 15 is 0 Å². The third-order valence-electron chi connectivity index (χ3n) is 5.39. The molecule has 3 aromatic rings. The molecule has 0 aliphatic heterocycles. The van der Waals surface area contributed by atoms with Gasteiger partial charge in [-0.2, -0.15) is 13.2 Å². The SMILES string of the molecule is COc1cccc(OC)c1C(=O)Nc1ccc(SC(CCOC(=O)Nc2ccc(C(F)(F)F)cc2)C(=O)O)cc1. The van der Waals surface area contributed by atoms with Crippen LogP contribution in [0.4, 0.5) is 29.3 Å². The number of hydrogen-bond acceptors (Lipinski definition) is 7. The number of benzene rings is 3. The van der Waals surface area contributed by atoms with Crippen LogP contribution in [-0.2, 0) is 15.7 Å². The van der Waals surface area contributed by atoms with E-state index in [0.717, 1.165) is 36.0 Å². The minimum Gasteiger partial charge on any atom is -0.496 e. The fourth-order valence-corrected chi connectivity index (χ4v) is 4.37. The summed E-state index contributed by atoms with van der Waals surface area (Å²) in [5.41, 5.74) is -0.0880. The zero-order valence-electron chi connectivity index (χ0n) is 21.3. The maximum absolute atomic E-state index is 12.8. The van der Waals surface area contributed by atoms with Crippen LogP contribution in [0.25, 0.3) is 0 Å². The first-order chi connectivity index (χ1) is 19.0. The highest BCUT2D eigenvalue weighted by Crippen LogP contribution is 2.31. The molecule has 0 aliphatic carbocycles. The third-order valence-corrected chi connectivity index (χ3v) is 6.66. The van der Waals surface area contributed by atoms with Crippen molar-refractivity contribution in [3.8, 4) is 11.5 Å². The molecule has 3 N–H and O–H groups in total. The summed E-state index contributed by atoms with van der Waals surface area (Å²) in [4.78, 5) is 37.1. The van der Waals surface area contributed by atoms with Crippen LogP contribution in [0.3, 0.4) is 0 Å². The number of carboxylic acid groups (broad SMARTS) is 1. The predicted octanol–water partition coefficient (Wildman–Crippen LogP) is 6.16. The topological polar surface area (TPSA) is 123 Å². The van der Waals surface area contributed by atoms with Crippen LogP contribution in [-0.4, -0.2) is 49.2 Å². The first kappa shape index (κ1) is 30.2. The molecule has 2 amide bonds. The van der Waals surface area contributed by atoms with E-state index in [0.29, 0.717) is 22.1 Å². The fourth-order valence-electron chi connectivity index (χ4n) is 3.44.